The highest BCUT2D eigenvalue weighted by molar-refractivity contribution is 7.88. The average molecular weight is 361 g/mol. The summed E-state index contributed by atoms with van der Waals surface area (Å²) in [5, 5.41) is 9.32. The van der Waals surface area contributed by atoms with Crippen LogP contribution in [0.5, 0.6) is 0 Å². The van der Waals surface area contributed by atoms with Crippen LogP contribution >= 0.6 is 0 Å². The van der Waals surface area contributed by atoms with E-state index < -0.39 is 16.0 Å². The fourth-order valence-corrected chi connectivity index (χ4v) is 4.01. The fourth-order valence-electron chi connectivity index (χ4n) is 3.09. The van der Waals surface area contributed by atoms with Gasteiger partial charge >= 0.3 is 5.97 Å². The van der Waals surface area contributed by atoms with Crippen LogP contribution in [0.25, 0.3) is 11.3 Å². The van der Waals surface area contributed by atoms with Crippen LogP contribution in [0, 0.1) is 5.92 Å². The van der Waals surface area contributed by atoms with Crippen LogP contribution in [0.3, 0.4) is 0 Å². The van der Waals surface area contributed by atoms with Gasteiger partial charge in [0, 0.05) is 24.8 Å². The number of carboxylic acids is 1. The minimum atomic E-state index is -3.16. The number of hydrogen-bond acceptors (Lipinski definition) is 5. The van der Waals surface area contributed by atoms with Crippen LogP contribution in [0.15, 0.2) is 36.7 Å². The van der Waals surface area contributed by atoms with Crippen molar-refractivity contribution in [1.82, 2.24) is 14.3 Å². The van der Waals surface area contributed by atoms with Crippen molar-refractivity contribution in [1.29, 1.82) is 0 Å². The molecule has 0 amide bonds. The van der Waals surface area contributed by atoms with Crippen LogP contribution in [0.4, 0.5) is 0 Å². The highest BCUT2D eigenvalue weighted by Crippen LogP contribution is 2.24. The second-order valence-corrected chi connectivity index (χ2v) is 8.21. The van der Waals surface area contributed by atoms with Gasteiger partial charge in [0.25, 0.3) is 0 Å². The summed E-state index contributed by atoms with van der Waals surface area (Å²) in [6, 6.07) is 6.67. The van der Waals surface area contributed by atoms with Crippen LogP contribution in [0.1, 0.15) is 22.5 Å². The summed E-state index contributed by atoms with van der Waals surface area (Å²) in [6.45, 7) is 1.01. The van der Waals surface area contributed by atoms with Gasteiger partial charge in [0.1, 0.15) is 0 Å². The van der Waals surface area contributed by atoms with Gasteiger partial charge in [0.05, 0.1) is 29.4 Å². The maximum Gasteiger partial charge on any atom is 0.336 e. The largest absolute Gasteiger partial charge is 0.478 e. The Morgan fingerprint density at radius 1 is 1.32 bits per heavy atom. The molecule has 7 nitrogen and oxygen atoms in total. The first-order valence-corrected chi connectivity index (χ1v) is 9.78. The van der Waals surface area contributed by atoms with E-state index in [4.69, 9.17) is 0 Å². The molecule has 0 unspecified atom stereocenters. The Kier molecular flexibility index (Phi) is 4.82. The predicted molar refractivity (Wildman–Crippen MR) is 92.7 cm³/mol. The molecule has 1 aromatic heterocycles. The number of aromatic nitrogens is 2. The summed E-state index contributed by atoms with van der Waals surface area (Å²) in [4.78, 5) is 20.1. The van der Waals surface area contributed by atoms with E-state index in [0.29, 0.717) is 30.8 Å². The average Bonchev–Trinajstić information content (AvgIpc) is 3.04. The molecule has 132 valence electrons. The van der Waals surface area contributed by atoms with Crippen LogP contribution < -0.4 is 0 Å². The monoisotopic (exact) mass is 361 g/mol. The van der Waals surface area contributed by atoms with Gasteiger partial charge in [-0.1, -0.05) is 18.2 Å². The maximum atomic E-state index is 11.6. The summed E-state index contributed by atoms with van der Waals surface area (Å²) in [6.07, 6.45) is 5.81. The molecule has 0 radical (unpaired) electrons. The number of rotatable bonds is 5. The topological polar surface area (TPSA) is 100 Å². The number of carboxylic acid groups (broad SMARTS) is 1. The zero-order chi connectivity index (χ0) is 18.0. The molecule has 1 aliphatic heterocycles. The van der Waals surface area contributed by atoms with Crippen molar-refractivity contribution in [2.45, 2.75) is 12.8 Å². The molecule has 0 bridgehead atoms. The van der Waals surface area contributed by atoms with Gasteiger partial charge in [-0.25, -0.2) is 22.5 Å². The molecule has 3 rings (SSSR count). The van der Waals surface area contributed by atoms with Gasteiger partial charge in [0.2, 0.25) is 10.0 Å². The zero-order valence-corrected chi connectivity index (χ0v) is 14.6. The van der Waals surface area contributed by atoms with Crippen molar-refractivity contribution < 1.29 is 18.3 Å². The van der Waals surface area contributed by atoms with Crippen molar-refractivity contribution in [3.8, 4) is 11.3 Å². The smallest absolute Gasteiger partial charge is 0.336 e. The summed E-state index contributed by atoms with van der Waals surface area (Å²) in [5.74, 6) is -0.823. The molecule has 0 spiro atoms. The number of carbonyl (C=O) groups is 1. The highest BCUT2D eigenvalue weighted by Gasteiger charge is 2.28. The minimum Gasteiger partial charge on any atom is -0.478 e. The number of aromatic carboxylic acids is 1. The van der Waals surface area contributed by atoms with E-state index >= 15 is 0 Å². The lowest BCUT2D eigenvalue weighted by atomic mass is 10.0. The standard InChI is InChI=1S/C17H19N3O4S/c1-25(23,24)20-7-6-12(11-20)8-13-9-18-10-16(19-13)14-4-2-3-5-15(14)17(21)22/h2-5,9-10,12H,6-8,11H2,1H3,(H,21,22)/t12-/m0/s1. The van der Waals surface area contributed by atoms with Crippen molar-refractivity contribution in [2.75, 3.05) is 19.3 Å². The molecule has 1 aromatic carbocycles. The van der Waals surface area contributed by atoms with Gasteiger partial charge in [0.15, 0.2) is 0 Å². The van der Waals surface area contributed by atoms with E-state index in [9.17, 15) is 18.3 Å². The van der Waals surface area contributed by atoms with Crippen LogP contribution in [-0.2, 0) is 16.4 Å². The van der Waals surface area contributed by atoms with Crippen molar-refractivity contribution in [2.24, 2.45) is 5.92 Å². The predicted octanol–water partition coefficient (Wildman–Crippen LogP) is 1.67. The van der Waals surface area contributed by atoms with E-state index in [1.807, 2.05) is 0 Å². The maximum absolute atomic E-state index is 11.6. The van der Waals surface area contributed by atoms with E-state index in [1.54, 1.807) is 30.6 Å². The first-order valence-electron chi connectivity index (χ1n) is 7.93. The van der Waals surface area contributed by atoms with E-state index in [2.05, 4.69) is 9.97 Å². The Bertz CT molecular complexity index is 898. The third kappa shape index (κ3) is 4.02. The zero-order valence-electron chi connectivity index (χ0n) is 13.8. The third-order valence-corrected chi connectivity index (χ3v) is 5.60. The molecule has 1 aliphatic rings. The van der Waals surface area contributed by atoms with Gasteiger partial charge in [-0.15, -0.1) is 0 Å². The lowest BCUT2D eigenvalue weighted by Crippen LogP contribution is -2.27. The molecule has 1 saturated heterocycles. The SMILES string of the molecule is CS(=O)(=O)N1CC[C@@H](Cc2cncc(-c3ccccc3C(=O)O)n2)C1. The Morgan fingerprint density at radius 2 is 2.08 bits per heavy atom. The van der Waals surface area contributed by atoms with Gasteiger partial charge < -0.3 is 5.11 Å². The molecule has 25 heavy (non-hydrogen) atoms. The van der Waals surface area contributed by atoms with Crippen LogP contribution in [-0.4, -0.2) is 53.1 Å². The summed E-state index contributed by atoms with van der Waals surface area (Å²) in [7, 11) is -3.16. The van der Waals surface area contributed by atoms with Crippen LogP contribution in [0.2, 0.25) is 0 Å². The summed E-state index contributed by atoms with van der Waals surface area (Å²) >= 11 is 0. The number of nitrogens with zero attached hydrogens (tertiary/aromatic N) is 3. The highest BCUT2D eigenvalue weighted by atomic mass is 32.2. The molecule has 2 aromatic rings. The fraction of sp³-hybridized carbons (Fsp3) is 0.353. The molecular formula is C17H19N3O4S. The first kappa shape index (κ1) is 17.5. The van der Waals surface area contributed by atoms with E-state index in [-0.39, 0.29) is 11.5 Å². The Balaban J connectivity index is 1.81. The quantitative estimate of drug-likeness (QED) is 0.869. The molecular weight excluding hydrogens is 342 g/mol. The molecule has 1 atom stereocenters. The molecule has 1 N–H and O–H groups in total. The van der Waals surface area contributed by atoms with Gasteiger partial charge in [-0.3, -0.25) is 4.98 Å². The van der Waals surface area contributed by atoms with Crippen molar-refractivity contribution in [3.05, 3.63) is 47.9 Å². The molecule has 1 fully saturated rings. The molecule has 0 aliphatic carbocycles. The molecule has 0 saturated carbocycles. The van der Waals surface area contributed by atoms with Gasteiger partial charge in [-0.2, -0.15) is 0 Å². The number of sulfonamides is 1. The summed E-state index contributed by atoms with van der Waals surface area (Å²) in [5.41, 5.74) is 1.94. The van der Waals surface area contributed by atoms with Crippen molar-refractivity contribution >= 4 is 16.0 Å². The van der Waals surface area contributed by atoms with E-state index in [0.717, 1.165) is 12.1 Å². The lowest BCUT2D eigenvalue weighted by Gasteiger charge is -2.13. The second kappa shape index (κ2) is 6.89. The number of hydrogen-bond donors (Lipinski definition) is 1. The Labute approximate surface area is 146 Å². The van der Waals surface area contributed by atoms with Gasteiger partial charge in [-0.05, 0) is 24.8 Å². The molecule has 2 heterocycles. The third-order valence-electron chi connectivity index (χ3n) is 4.33. The lowest BCUT2D eigenvalue weighted by molar-refractivity contribution is 0.0697. The molecule has 8 heteroatoms. The number of benzene rings is 1. The Hall–Kier alpha value is -2.32. The second-order valence-electron chi connectivity index (χ2n) is 6.23. The Morgan fingerprint density at radius 3 is 2.76 bits per heavy atom. The summed E-state index contributed by atoms with van der Waals surface area (Å²) < 4.78 is 24.7. The van der Waals surface area contributed by atoms with E-state index in [1.165, 1.54) is 16.6 Å². The minimum absolute atomic E-state index is 0.179. The normalized spacial score (nSPS) is 18.4. The first-order chi connectivity index (χ1) is 11.8. The van der Waals surface area contributed by atoms with Crippen molar-refractivity contribution in [3.63, 3.8) is 0 Å².